The highest BCUT2D eigenvalue weighted by Crippen LogP contribution is 2.35. The van der Waals surface area contributed by atoms with Crippen molar-refractivity contribution in [3.8, 4) is 0 Å². The summed E-state index contributed by atoms with van der Waals surface area (Å²) in [5.41, 5.74) is 7.20. The molecule has 1 aliphatic rings. The van der Waals surface area contributed by atoms with E-state index in [4.69, 9.17) is 5.73 Å². The Bertz CT molecular complexity index is 211. The predicted octanol–water partition coefficient (Wildman–Crippen LogP) is 1.81. The van der Waals surface area contributed by atoms with Crippen LogP contribution in [-0.2, 0) is 0 Å². The molecule has 1 aromatic rings. The highest BCUT2D eigenvalue weighted by molar-refractivity contribution is 5.10. The third-order valence-corrected chi connectivity index (χ3v) is 2.64. The highest BCUT2D eigenvalue weighted by Gasteiger charge is 2.25. The standard InChI is InChI=1S/C9H14N2/c10-9(7-3-1-4-7)8-5-2-6-11-8/h2,5-7,9,11H,1,3-4,10H2/t9-/m1/s1. The maximum atomic E-state index is 6.01. The van der Waals surface area contributed by atoms with Crippen molar-refractivity contribution in [2.75, 3.05) is 0 Å². The first-order chi connectivity index (χ1) is 5.38. The number of aromatic nitrogens is 1. The summed E-state index contributed by atoms with van der Waals surface area (Å²) in [5.74, 6) is 0.730. The second-order valence-corrected chi connectivity index (χ2v) is 3.34. The van der Waals surface area contributed by atoms with Gasteiger partial charge in [-0.2, -0.15) is 0 Å². The molecule has 1 fully saturated rings. The van der Waals surface area contributed by atoms with Gasteiger partial charge in [-0.05, 0) is 30.9 Å². The Hall–Kier alpha value is -0.760. The van der Waals surface area contributed by atoms with E-state index in [1.165, 1.54) is 25.0 Å². The molecule has 0 aromatic carbocycles. The second kappa shape index (κ2) is 2.70. The summed E-state index contributed by atoms with van der Waals surface area (Å²) >= 11 is 0. The number of H-pyrrole nitrogens is 1. The SMILES string of the molecule is N[C@@H](c1ccc[nH]1)C1CCC1. The minimum atomic E-state index is 0.249. The van der Waals surface area contributed by atoms with Gasteiger partial charge < -0.3 is 10.7 Å². The Labute approximate surface area is 66.8 Å². The number of nitrogens with one attached hydrogen (secondary N) is 1. The van der Waals surface area contributed by atoms with Gasteiger partial charge >= 0.3 is 0 Å². The normalized spacial score (nSPS) is 21.2. The number of nitrogens with two attached hydrogens (primary N) is 1. The number of hydrogen-bond acceptors (Lipinski definition) is 1. The molecule has 11 heavy (non-hydrogen) atoms. The van der Waals surface area contributed by atoms with Crippen LogP contribution in [0.2, 0.25) is 0 Å². The molecule has 60 valence electrons. The summed E-state index contributed by atoms with van der Waals surface area (Å²) in [6.07, 6.45) is 5.91. The van der Waals surface area contributed by atoms with Crippen LogP contribution < -0.4 is 5.73 Å². The molecule has 1 aromatic heterocycles. The van der Waals surface area contributed by atoms with Crippen LogP contribution in [-0.4, -0.2) is 4.98 Å². The highest BCUT2D eigenvalue weighted by atomic mass is 14.8. The van der Waals surface area contributed by atoms with Crippen LogP contribution in [0.3, 0.4) is 0 Å². The molecule has 0 amide bonds. The maximum absolute atomic E-state index is 6.01. The van der Waals surface area contributed by atoms with E-state index in [0.717, 1.165) is 5.92 Å². The van der Waals surface area contributed by atoms with E-state index in [9.17, 15) is 0 Å². The van der Waals surface area contributed by atoms with Gasteiger partial charge in [0.2, 0.25) is 0 Å². The molecule has 0 bridgehead atoms. The molecule has 1 heterocycles. The van der Waals surface area contributed by atoms with Gasteiger partial charge in [-0.1, -0.05) is 6.42 Å². The van der Waals surface area contributed by atoms with Crippen LogP contribution in [0.4, 0.5) is 0 Å². The zero-order chi connectivity index (χ0) is 7.68. The molecule has 1 atom stereocenters. The van der Waals surface area contributed by atoms with E-state index in [1.54, 1.807) is 0 Å². The largest absolute Gasteiger partial charge is 0.364 e. The Morgan fingerprint density at radius 3 is 2.82 bits per heavy atom. The Morgan fingerprint density at radius 1 is 1.55 bits per heavy atom. The van der Waals surface area contributed by atoms with E-state index in [0.29, 0.717) is 0 Å². The van der Waals surface area contributed by atoms with Gasteiger partial charge in [0, 0.05) is 17.9 Å². The van der Waals surface area contributed by atoms with Gasteiger partial charge in [0.15, 0.2) is 0 Å². The minimum absolute atomic E-state index is 0.249. The number of aromatic amines is 1. The minimum Gasteiger partial charge on any atom is -0.364 e. The molecule has 2 heteroatoms. The van der Waals surface area contributed by atoms with E-state index >= 15 is 0 Å². The van der Waals surface area contributed by atoms with Gasteiger partial charge in [0.1, 0.15) is 0 Å². The summed E-state index contributed by atoms with van der Waals surface area (Å²) in [4.78, 5) is 3.16. The lowest BCUT2D eigenvalue weighted by atomic mass is 9.79. The molecule has 0 aliphatic heterocycles. The number of rotatable bonds is 2. The molecule has 0 spiro atoms. The summed E-state index contributed by atoms with van der Waals surface area (Å²) in [5, 5.41) is 0. The first-order valence-electron chi connectivity index (χ1n) is 4.27. The van der Waals surface area contributed by atoms with Crippen molar-refractivity contribution >= 4 is 0 Å². The summed E-state index contributed by atoms with van der Waals surface area (Å²) in [6, 6.07) is 4.33. The second-order valence-electron chi connectivity index (χ2n) is 3.34. The van der Waals surface area contributed by atoms with Crippen LogP contribution >= 0.6 is 0 Å². The molecule has 3 N–H and O–H groups in total. The van der Waals surface area contributed by atoms with Crippen molar-refractivity contribution in [3.05, 3.63) is 24.0 Å². The molecule has 1 saturated carbocycles. The average molecular weight is 150 g/mol. The van der Waals surface area contributed by atoms with E-state index in [2.05, 4.69) is 11.1 Å². The lowest BCUT2D eigenvalue weighted by Gasteiger charge is -2.30. The molecule has 0 radical (unpaired) electrons. The van der Waals surface area contributed by atoms with E-state index in [1.807, 2.05) is 12.3 Å². The van der Waals surface area contributed by atoms with Crippen LogP contribution in [0.1, 0.15) is 31.0 Å². The van der Waals surface area contributed by atoms with Gasteiger partial charge in [0.25, 0.3) is 0 Å². The lowest BCUT2D eigenvalue weighted by Crippen LogP contribution is -2.26. The first-order valence-corrected chi connectivity index (χ1v) is 4.27. The fourth-order valence-electron chi connectivity index (χ4n) is 1.60. The van der Waals surface area contributed by atoms with Gasteiger partial charge in [-0.25, -0.2) is 0 Å². The molecule has 0 saturated heterocycles. The summed E-state index contributed by atoms with van der Waals surface area (Å²) < 4.78 is 0. The third kappa shape index (κ3) is 1.18. The zero-order valence-electron chi connectivity index (χ0n) is 6.59. The lowest BCUT2D eigenvalue weighted by molar-refractivity contribution is 0.261. The van der Waals surface area contributed by atoms with Crippen LogP contribution in [0.25, 0.3) is 0 Å². The summed E-state index contributed by atoms with van der Waals surface area (Å²) in [6.45, 7) is 0. The quantitative estimate of drug-likeness (QED) is 0.663. The van der Waals surface area contributed by atoms with Gasteiger partial charge in [-0.3, -0.25) is 0 Å². The topological polar surface area (TPSA) is 41.8 Å². The van der Waals surface area contributed by atoms with Gasteiger partial charge in [-0.15, -0.1) is 0 Å². The van der Waals surface area contributed by atoms with Crippen LogP contribution in [0, 0.1) is 5.92 Å². The Kier molecular flexibility index (Phi) is 1.70. The molecule has 0 unspecified atom stereocenters. The van der Waals surface area contributed by atoms with Crippen molar-refractivity contribution in [1.82, 2.24) is 4.98 Å². The Balaban J connectivity index is 2.04. The van der Waals surface area contributed by atoms with Crippen molar-refractivity contribution in [3.63, 3.8) is 0 Å². The molecular formula is C9H14N2. The van der Waals surface area contributed by atoms with Crippen molar-refractivity contribution in [2.45, 2.75) is 25.3 Å². The van der Waals surface area contributed by atoms with Gasteiger partial charge in [0.05, 0.1) is 0 Å². The zero-order valence-corrected chi connectivity index (χ0v) is 6.59. The maximum Gasteiger partial charge on any atom is 0.0476 e. The van der Waals surface area contributed by atoms with Crippen molar-refractivity contribution < 1.29 is 0 Å². The fourth-order valence-corrected chi connectivity index (χ4v) is 1.60. The average Bonchev–Trinajstić information content (AvgIpc) is 2.32. The summed E-state index contributed by atoms with van der Waals surface area (Å²) in [7, 11) is 0. The van der Waals surface area contributed by atoms with Crippen LogP contribution in [0.15, 0.2) is 18.3 Å². The molecule has 2 rings (SSSR count). The smallest absolute Gasteiger partial charge is 0.0476 e. The molecule has 2 nitrogen and oxygen atoms in total. The fraction of sp³-hybridized carbons (Fsp3) is 0.556. The van der Waals surface area contributed by atoms with Crippen molar-refractivity contribution in [1.29, 1.82) is 0 Å². The van der Waals surface area contributed by atoms with E-state index < -0.39 is 0 Å². The first kappa shape index (κ1) is 6.92. The number of hydrogen-bond donors (Lipinski definition) is 2. The molecular weight excluding hydrogens is 136 g/mol. The van der Waals surface area contributed by atoms with E-state index in [-0.39, 0.29) is 6.04 Å². The van der Waals surface area contributed by atoms with Crippen molar-refractivity contribution in [2.24, 2.45) is 11.7 Å². The van der Waals surface area contributed by atoms with Crippen LogP contribution in [0.5, 0.6) is 0 Å². The third-order valence-electron chi connectivity index (χ3n) is 2.64. The Morgan fingerprint density at radius 2 is 2.36 bits per heavy atom. The predicted molar refractivity (Wildman–Crippen MR) is 45.1 cm³/mol. The monoisotopic (exact) mass is 150 g/mol. The molecule has 1 aliphatic carbocycles.